The van der Waals surface area contributed by atoms with Crippen molar-refractivity contribution in [1.82, 2.24) is 10.2 Å². The SMILES string of the molecule is COCC(=O)NCC1CCN(C(=O)C(F)(F)F)CC1. The predicted molar refractivity (Wildman–Crippen MR) is 60.2 cm³/mol. The highest BCUT2D eigenvalue weighted by molar-refractivity contribution is 5.81. The lowest BCUT2D eigenvalue weighted by Gasteiger charge is -2.32. The number of ether oxygens (including phenoxy) is 1. The molecule has 8 heteroatoms. The Morgan fingerprint density at radius 3 is 2.37 bits per heavy atom. The smallest absolute Gasteiger partial charge is 0.375 e. The summed E-state index contributed by atoms with van der Waals surface area (Å²) >= 11 is 0. The summed E-state index contributed by atoms with van der Waals surface area (Å²) in [5, 5.41) is 2.64. The molecule has 110 valence electrons. The number of halogens is 3. The van der Waals surface area contributed by atoms with Crippen LogP contribution in [-0.4, -0.2) is 56.2 Å². The number of likely N-dealkylation sites (tertiary alicyclic amines) is 1. The van der Waals surface area contributed by atoms with Gasteiger partial charge >= 0.3 is 12.1 Å². The third kappa shape index (κ3) is 5.06. The highest BCUT2D eigenvalue weighted by atomic mass is 19.4. The Hall–Kier alpha value is -1.31. The second-order valence-electron chi connectivity index (χ2n) is 4.47. The predicted octanol–water partition coefficient (Wildman–Crippen LogP) is 0.550. The van der Waals surface area contributed by atoms with Crippen LogP contribution >= 0.6 is 0 Å². The van der Waals surface area contributed by atoms with Gasteiger partial charge in [-0.25, -0.2) is 0 Å². The van der Waals surface area contributed by atoms with Gasteiger partial charge in [-0.2, -0.15) is 13.2 Å². The number of carbonyl (C=O) groups excluding carboxylic acids is 2. The third-order valence-electron chi connectivity index (χ3n) is 3.01. The van der Waals surface area contributed by atoms with Crippen LogP contribution in [0.1, 0.15) is 12.8 Å². The van der Waals surface area contributed by atoms with Gasteiger partial charge in [0.25, 0.3) is 0 Å². The highest BCUT2D eigenvalue weighted by Crippen LogP contribution is 2.23. The minimum Gasteiger partial charge on any atom is -0.375 e. The van der Waals surface area contributed by atoms with Crippen molar-refractivity contribution < 1.29 is 27.5 Å². The van der Waals surface area contributed by atoms with Crippen LogP contribution in [0.2, 0.25) is 0 Å². The van der Waals surface area contributed by atoms with E-state index in [1.165, 1.54) is 7.11 Å². The van der Waals surface area contributed by atoms with Crippen molar-refractivity contribution in [3.05, 3.63) is 0 Å². The van der Waals surface area contributed by atoms with Crippen LogP contribution in [0.25, 0.3) is 0 Å². The van der Waals surface area contributed by atoms with Crippen molar-refractivity contribution in [3.63, 3.8) is 0 Å². The van der Waals surface area contributed by atoms with Gasteiger partial charge in [0.1, 0.15) is 6.61 Å². The Kier molecular flexibility index (Phi) is 5.59. The van der Waals surface area contributed by atoms with Crippen LogP contribution in [-0.2, 0) is 14.3 Å². The molecule has 1 fully saturated rings. The van der Waals surface area contributed by atoms with E-state index < -0.39 is 12.1 Å². The third-order valence-corrected chi connectivity index (χ3v) is 3.01. The van der Waals surface area contributed by atoms with E-state index in [2.05, 4.69) is 10.1 Å². The number of rotatable bonds is 4. The zero-order valence-corrected chi connectivity index (χ0v) is 10.6. The van der Waals surface area contributed by atoms with Gasteiger partial charge < -0.3 is 15.0 Å². The fourth-order valence-corrected chi connectivity index (χ4v) is 1.96. The Morgan fingerprint density at radius 2 is 1.89 bits per heavy atom. The van der Waals surface area contributed by atoms with Crippen molar-refractivity contribution in [3.8, 4) is 0 Å². The maximum Gasteiger partial charge on any atom is 0.471 e. The first-order chi connectivity index (χ1) is 8.84. The second-order valence-corrected chi connectivity index (χ2v) is 4.47. The summed E-state index contributed by atoms with van der Waals surface area (Å²) in [6.45, 7) is 0.508. The van der Waals surface area contributed by atoms with Gasteiger partial charge in [0.15, 0.2) is 0 Å². The zero-order chi connectivity index (χ0) is 14.5. The molecule has 0 atom stereocenters. The van der Waals surface area contributed by atoms with Gasteiger partial charge in [0, 0.05) is 26.7 Å². The molecular formula is C11H17F3N2O3. The van der Waals surface area contributed by atoms with Gasteiger partial charge in [0.05, 0.1) is 0 Å². The van der Waals surface area contributed by atoms with Crippen molar-refractivity contribution in [2.45, 2.75) is 19.0 Å². The van der Waals surface area contributed by atoms with Gasteiger partial charge in [-0.3, -0.25) is 9.59 Å². The topological polar surface area (TPSA) is 58.6 Å². The van der Waals surface area contributed by atoms with E-state index >= 15 is 0 Å². The molecule has 0 aromatic heterocycles. The molecule has 0 spiro atoms. The molecule has 0 bridgehead atoms. The maximum atomic E-state index is 12.2. The second kappa shape index (κ2) is 6.74. The molecule has 0 saturated carbocycles. The first kappa shape index (κ1) is 15.7. The Balaban J connectivity index is 2.29. The minimum absolute atomic E-state index is 0.0363. The lowest BCUT2D eigenvalue weighted by Crippen LogP contribution is -2.46. The van der Waals surface area contributed by atoms with Crippen molar-refractivity contribution >= 4 is 11.8 Å². The molecular weight excluding hydrogens is 265 g/mol. The molecule has 0 radical (unpaired) electrons. The minimum atomic E-state index is -4.81. The Labute approximate surface area is 109 Å². The summed E-state index contributed by atoms with van der Waals surface area (Å²) in [4.78, 5) is 22.9. The van der Waals surface area contributed by atoms with Crippen LogP contribution in [0.3, 0.4) is 0 Å². The lowest BCUT2D eigenvalue weighted by molar-refractivity contribution is -0.186. The molecule has 0 unspecified atom stereocenters. The van der Waals surface area contributed by atoms with Crippen molar-refractivity contribution in [2.75, 3.05) is 33.4 Å². The number of hydrogen-bond acceptors (Lipinski definition) is 3. The molecule has 1 saturated heterocycles. The number of carbonyl (C=O) groups is 2. The molecule has 2 amide bonds. The summed E-state index contributed by atoms with van der Waals surface area (Å²) in [7, 11) is 1.40. The Bertz CT molecular complexity index is 326. The fourth-order valence-electron chi connectivity index (χ4n) is 1.96. The normalized spacial score (nSPS) is 17.4. The van der Waals surface area contributed by atoms with E-state index in [1.807, 2.05) is 0 Å². The largest absolute Gasteiger partial charge is 0.471 e. The quantitative estimate of drug-likeness (QED) is 0.819. The molecule has 0 aromatic carbocycles. The number of nitrogens with one attached hydrogen (secondary N) is 1. The monoisotopic (exact) mass is 282 g/mol. The van der Waals surface area contributed by atoms with Crippen LogP contribution < -0.4 is 5.32 Å². The van der Waals surface area contributed by atoms with E-state index in [-0.39, 0.29) is 31.5 Å². The van der Waals surface area contributed by atoms with E-state index in [9.17, 15) is 22.8 Å². The molecule has 0 aliphatic carbocycles. The summed E-state index contributed by atoms with van der Waals surface area (Å²) in [6, 6.07) is 0. The molecule has 1 N–H and O–H groups in total. The van der Waals surface area contributed by atoms with Crippen LogP contribution in [0.15, 0.2) is 0 Å². The van der Waals surface area contributed by atoms with Crippen LogP contribution in [0.5, 0.6) is 0 Å². The lowest BCUT2D eigenvalue weighted by atomic mass is 9.96. The number of alkyl halides is 3. The standard InChI is InChI=1S/C11H17F3N2O3/c1-19-7-9(17)15-6-8-2-4-16(5-3-8)10(18)11(12,13)14/h8H,2-7H2,1H3,(H,15,17). The molecule has 1 rings (SSSR count). The van der Waals surface area contributed by atoms with E-state index in [0.29, 0.717) is 19.4 Å². The van der Waals surface area contributed by atoms with Gasteiger partial charge in [-0.1, -0.05) is 0 Å². The summed E-state index contributed by atoms with van der Waals surface area (Å²) in [5.74, 6) is -1.94. The van der Waals surface area contributed by atoms with Crippen LogP contribution in [0.4, 0.5) is 13.2 Å². The highest BCUT2D eigenvalue weighted by Gasteiger charge is 2.43. The van der Waals surface area contributed by atoms with Gasteiger partial charge in [-0.15, -0.1) is 0 Å². The number of nitrogens with zero attached hydrogens (tertiary/aromatic N) is 1. The molecule has 1 aliphatic heterocycles. The van der Waals surface area contributed by atoms with Crippen LogP contribution in [0, 0.1) is 5.92 Å². The average molecular weight is 282 g/mol. The summed E-state index contributed by atoms with van der Waals surface area (Å²) in [5.41, 5.74) is 0. The van der Waals surface area contributed by atoms with Gasteiger partial charge in [0.2, 0.25) is 5.91 Å². The van der Waals surface area contributed by atoms with E-state index in [4.69, 9.17) is 0 Å². The van der Waals surface area contributed by atoms with E-state index in [1.54, 1.807) is 0 Å². The summed E-state index contributed by atoms with van der Waals surface area (Å²) < 4.78 is 41.3. The van der Waals surface area contributed by atoms with E-state index in [0.717, 1.165) is 4.90 Å². The molecule has 5 nitrogen and oxygen atoms in total. The number of piperidine rings is 1. The van der Waals surface area contributed by atoms with Crippen molar-refractivity contribution in [1.29, 1.82) is 0 Å². The summed E-state index contributed by atoms with van der Waals surface area (Å²) in [6.07, 6.45) is -3.90. The maximum absolute atomic E-state index is 12.2. The number of methoxy groups -OCH3 is 1. The van der Waals surface area contributed by atoms with Crippen molar-refractivity contribution in [2.24, 2.45) is 5.92 Å². The first-order valence-electron chi connectivity index (χ1n) is 5.96. The fraction of sp³-hybridized carbons (Fsp3) is 0.818. The number of amides is 2. The average Bonchev–Trinajstić information content (AvgIpc) is 2.35. The molecule has 0 aromatic rings. The zero-order valence-electron chi connectivity index (χ0n) is 10.6. The van der Waals surface area contributed by atoms with Gasteiger partial charge in [-0.05, 0) is 18.8 Å². The molecule has 19 heavy (non-hydrogen) atoms. The number of hydrogen-bond donors (Lipinski definition) is 1. The Morgan fingerprint density at radius 1 is 1.32 bits per heavy atom. The molecule has 1 heterocycles. The first-order valence-corrected chi connectivity index (χ1v) is 5.96. The molecule has 1 aliphatic rings.